The summed E-state index contributed by atoms with van der Waals surface area (Å²) in [6, 6.07) is 14.6. The molecule has 0 heterocycles. The Labute approximate surface area is 185 Å². The number of hydrogen-bond donors (Lipinski definition) is 3. The number of benzene rings is 2. The minimum atomic E-state index is -0.202. The highest BCUT2D eigenvalue weighted by molar-refractivity contribution is 5.43. The molecule has 5 rings (SSSR count). The number of ether oxygens (including phenoxy) is 1. The van der Waals surface area contributed by atoms with Crippen molar-refractivity contribution in [1.29, 1.82) is 0 Å². The number of rotatable bonds is 5. The Morgan fingerprint density at radius 3 is 2.68 bits per heavy atom. The van der Waals surface area contributed by atoms with Crippen molar-refractivity contribution in [2.45, 2.75) is 57.0 Å². The fourth-order valence-electron chi connectivity index (χ4n) is 7.08. The van der Waals surface area contributed by atoms with Crippen molar-refractivity contribution in [3.8, 4) is 11.5 Å². The fourth-order valence-corrected chi connectivity index (χ4v) is 7.08. The minimum absolute atomic E-state index is 0.0117. The van der Waals surface area contributed by atoms with Gasteiger partial charge < -0.3 is 20.3 Å². The molecule has 6 atom stereocenters. The van der Waals surface area contributed by atoms with Gasteiger partial charge in [0.2, 0.25) is 0 Å². The van der Waals surface area contributed by atoms with Crippen LogP contribution in [0.2, 0.25) is 0 Å². The molecule has 2 aromatic carbocycles. The predicted octanol–water partition coefficient (Wildman–Crippen LogP) is 4.60. The summed E-state index contributed by atoms with van der Waals surface area (Å²) < 4.78 is 5.84. The second kappa shape index (κ2) is 8.14. The number of hydrogen-bond acceptors (Lipinski definition) is 4. The van der Waals surface area contributed by atoms with Crippen LogP contribution < -0.4 is 10.1 Å². The molecule has 3 unspecified atom stereocenters. The molecule has 4 heteroatoms. The summed E-state index contributed by atoms with van der Waals surface area (Å²) in [5.41, 5.74) is 4.05. The van der Waals surface area contributed by atoms with Gasteiger partial charge in [-0.1, -0.05) is 25.1 Å². The molecular formula is C27H35NO3. The van der Waals surface area contributed by atoms with Crippen LogP contribution in [0.5, 0.6) is 11.5 Å². The van der Waals surface area contributed by atoms with Gasteiger partial charge in [-0.25, -0.2) is 0 Å². The Morgan fingerprint density at radius 2 is 1.90 bits per heavy atom. The number of phenols is 1. The molecule has 0 aliphatic heterocycles. The van der Waals surface area contributed by atoms with E-state index in [9.17, 15) is 10.2 Å². The molecule has 2 aromatic rings. The van der Waals surface area contributed by atoms with Crippen LogP contribution in [0.3, 0.4) is 0 Å². The second-order valence-electron chi connectivity index (χ2n) is 10.1. The van der Waals surface area contributed by atoms with Crippen molar-refractivity contribution in [3.63, 3.8) is 0 Å². The normalized spacial score (nSPS) is 34.0. The van der Waals surface area contributed by atoms with Gasteiger partial charge in [-0.05, 0) is 109 Å². The number of nitrogens with one attached hydrogen (secondary N) is 1. The van der Waals surface area contributed by atoms with Crippen LogP contribution in [0.15, 0.2) is 42.5 Å². The van der Waals surface area contributed by atoms with Gasteiger partial charge in [-0.3, -0.25) is 0 Å². The maximum Gasteiger partial charge on any atom is 0.119 e. The molecule has 0 aromatic heterocycles. The maximum atomic E-state index is 11.0. The van der Waals surface area contributed by atoms with Crippen molar-refractivity contribution in [2.75, 3.05) is 20.2 Å². The van der Waals surface area contributed by atoms with E-state index in [-0.39, 0.29) is 11.5 Å². The van der Waals surface area contributed by atoms with Crippen LogP contribution >= 0.6 is 0 Å². The monoisotopic (exact) mass is 421 g/mol. The number of aliphatic hydroxyl groups is 1. The fraction of sp³-hybridized carbons (Fsp3) is 0.556. The number of aliphatic hydroxyl groups excluding tert-OH is 1. The van der Waals surface area contributed by atoms with Gasteiger partial charge in [0.25, 0.3) is 0 Å². The summed E-state index contributed by atoms with van der Waals surface area (Å²) in [7, 11) is 1.93. The quantitative estimate of drug-likeness (QED) is 0.618. The van der Waals surface area contributed by atoms with E-state index in [4.69, 9.17) is 4.74 Å². The Hall–Kier alpha value is -2.04. The van der Waals surface area contributed by atoms with Gasteiger partial charge in [0.15, 0.2) is 0 Å². The van der Waals surface area contributed by atoms with Crippen LogP contribution in [0, 0.1) is 17.3 Å². The van der Waals surface area contributed by atoms with Crippen molar-refractivity contribution in [3.05, 3.63) is 59.2 Å². The average molecular weight is 422 g/mol. The van der Waals surface area contributed by atoms with Crippen LogP contribution in [-0.4, -0.2) is 36.5 Å². The van der Waals surface area contributed by atoms with Gasteiger partial charge in [0, 0.05) is 6.54 Å². The molecule has 4 nitrogen and oxygen atoms in total. The summed E-state index contributed by atoms with van der Waals surface area (Å²) in [4.78, 5) is 0. The smallest absolute Gasteiger partial charge is 0.119 e. The zero-order chi connectivity index (χ0) is 21.6. The first-order valence-electron chi connectivity index (χ1n) is 11.9. The van der Waals surface area contributed by atoms with E-state index in [2.05, 4.69) is 42.6 Å². The summed E-state index contributed by atoms with van der Waals surface area (Å²) >= 11 is 0. The molecule has 3 aliphatic rings. The molecule has 0 saturated heterocycles. The molecule has 166 valence electrons. The Morgan fingerprint density at radius 1 is 1.10 bits per heavy atom. The molecule has 0 spiro atoms. The number of fused-ring (bicyclic) bond motifs is 5. The molecule has 3 N–H and O–H groups in total. The van der Waals surface area contributed by atoms with Crippen LogP contribution in [0.4, 0.5) is 0 Å². The number of aryl methyl sites for hydroxylation is 1. The molecule has 31 heavy (non-hydrogen) atoms. The molecule has 0 amide bonds. The van der Waals surface area contributed by atoms with Crippen LogP contribution in [0.25, 0.3) is 0 Å². The van der Waals surface area contributed by atoms with Gasteiger partial charge in [-0.15, -0.1) is 0 Å². The summed E-state index contributed by atoms with van der Waals surface area (Å²) in [6.45, 7) is 3.82. The average Bonchev–Trinajstić information content (AvgIpc) is 3.08. The number of phenolic OH excluding ortho intramolecular Hbond substituents is 1. The van der Waals surface area contributed by atoms with Gasteiger partial charge in [0.1, 0.15) is 18.1 Å². The van der Waals surface area contributed by atoms with E-state index in [0.29, 0.717) is 36.0 Å². The lowest BCUT2D eigenvalue weighted by molar-refractivity contribution is -0.0323. The minimum Gasteiger partial charge on any atom is -0.508 e. The number of aromatic hydroxyl groups is 1. The molecule has 2 fully saturated rings. The molecule has 2 saturated carbocycles. The maximum absolute atomic E-state index is 11.0. The van der Waals surface area contributed by atoms with Crippen molar-refractivity contribution in [1.82, 2.24) is 5.32 Å². The van der Waals surface area contributed by atoms with Crippen molar-refractivity contribution < 1.29 is 14.9 Å². The molecular weight excluding hydrogens is 386 g/mol. The summed E-state index contributed by atoms with van der Waals surface area (Å²) in [5.74, 6) is 3.26. The number of likely N-dealkylation sites (N-methyl/N-ethyl adjacent to an activating group) is 1. The van der Waals surface area contributed by atoms with Crippen molar-refractivity contribution in [2.24, 2.45) is 17.3 Å². The Balaban J connectivity index is 1.52. The van der Waals surface area contributed by atoms with Crippen LogP contribution in [0.1, 0.15) is 61.1 Å². The Kier molecular flexibility index (Phi) is 5.47. The Bertz CT molecular complexity index is 927. The standard InChI is InChI=1S/C27H35NO3/c1-27-16-23(17-3-7-20(8-4-17)31-14-13-28-2)26-21-10-6-19(29)15-18(21)5-9-22(26)24(27)11-12-25(27)30/h3-4,6-8,10,15,22-26,28-30H,5,9,11-14,16H2,1-2H3/t22?,23-,24?,25+,26?,27+/m1/s1. The zero-order valence-electron chi connectivity index (χ0n) is 18.7. The third-order valence-electron chi connectivity index (χ3n) is 8.59. The van der Waals surface area contributed by atoms with E-state index >= 15 is 0 Å². The lowest BCUT2D eigenvalue weighted by Crippen LogP contribution is -2.47. The highest BCUT2D eigenvalue weighted by atomic mass is 16.5. The van der Waals surface area contributed by atoms with E-state index in [1.807, 2.05) is 19.2 Å². The molecule has 0 bridgehead atoms. The SMILES string of the molecule is CNCCOc1ccc([C@H]2C[C@@]3(C)C(CC[C@@H]3O)C3CCc4cc(O)ccc4C32)cc1. The topological polar surface area (TPSA) is 61.7 Å². The summed E-state index contributed by atoms with van der Waals surface area (Å²) in [5, 5.41) is 24.1. The van der Waals surface area contributed by atoms with E-state index in [0.717, 1.165) is 44.4 Å². The molecule has 0 radical (unpaired) electrons. The highest BCUT2D eigenvalue weighted by Gasteiger charge is 2.57. The van der Waals surface area contributed by atoms with Gasteiger partial charge in [-0.2, -0.15) is 0 Å². The van der Waals surface area contributed by atoms with E-state index in [1.165, 1.54) is 16.7 Å². The molecule has 3 aliphatic carbocycles. The predicted molar refractivity (Wildman–Crippen MR) is 123 cm³/mol. The lowest BCUT2D eigenvalue weighted by atomic mass is 9.51. The van der Waals surface area contributed by atoms with Gasteiger partial charge in [0.05, 0.1) is 6.10 Å². The second-order valence-corrected chi connectivity index (χ2v) is 10.1. The first-order chi connectivity index (χ1) is 15.0. The first-order valence-corrected chi connectivity index (χ1v) is 11.9. The highest BCUT2D eigenvalue weighted by Crippen LogP contribution is 2.65. The first kappa shape index (κ1) is 20.8. The van der Waals surface area contributed by atoms with Crippen molar-refractivity contribution >= 4 is 0 Å². The van der Waals surface area contributed by atoms with Crippen LogP contribution in [-0.2, 0) is 6.42 Å². The van der Waals surface area contributed by atoms with E-state index < -0.39 is 0 Å². The van der Waals surface area contributed by atoms with Gasteiger partial charge >= 0.3 is 0 Å². The summed E-state index contributed by atoms with van der Waals surface area (Å²) in [6.07, 6.45) is 5.05. The zero-order valence-corrected chi connectivity index (χ0v) is 18.7. The van der Waals surface area contributed by atoms with E-state index in [1.54, 1.807) is 0 Å². The third-order valence-corrected chi connectivity index (χ3v) is 8.59. The largest absolute Gasteiger partial charge is 0.508 e. The lowest BCUT2D eigenvalue weighted by Gasteiger charge is -2.54. The third kappa shape index (κ3) is 3.54.